The number of carbonyl (C=O) groups is 2. The summed E-state index contributed by atoms with van der Waals surface area (Å²) in [4.78, 5) is 24.6. The fourth-order valence-corrected chi connectivity index (χ4v) is 2.97. The molecule has 150 valence electrons. The third kappa shape index (κ3) is 6.61. The molecule has 0 aromatic heterocycles. The number of hydrogen-bond acceptors (Lipinski definition) is 4. The molecule has 1 amide bonds. The number of carboxylic acids is 1. The van der Waals surface area contributed by atoms with Crippen LogP contribution in [0, 0.1) is 6.92 Å². The maximum Gasteiger partial charge on any atom is 0.326 e. The third-order valence-corrected chi connectivity index (χ3v) is 4.42. The average Bonchev–Trinajstić information content (AvgIpc) is 2.65. The second-order valence-corrected chi connectivity index (χ2v) is 6.71. The van der Waals surface area contributed by atoms with Crippen molar-refractivity contribution in [2.45, 2.75) is 33.2 Å². The monoisotopic (exact) mass is 384 g/mol. The quantitative estimate of drug-likeness (QED) is 0.658. The van der Waals surface area contributed by atoms with Gasteiger partial charge in [0.05, 0.1) is 6.54 Å². The second-order valence-electron chi connectivity index (χ2n) is 6.71. The molecular formula is C22H28N2O4. The van der Waals surface area contributed by atoms with Crippen LogP contribution >= 0.6 is 0 Å². The Balaban J connectivity index is 1.88. The van der Waals surface area contributed by atoms with Gasteiger partial charge < -0.3 is 20.1 Å². The molecule has 0 fully saturated rings. The number of carbonyl (C=O) groups excluding carboxylic acids is 1. The Morgan fingerprint density at radius 1 is 1.18 bits per heavy atom. The zero-order valence-corrected chi connectivity index (χ0v) is 16.6. The van der Waals surface area contributed by atoms with Gasteiger partial charge in [-0.2, -0.15) is 0 Å². The predicted molar refractivity (Wildman–Crippen MR) is 110 cm³/mol. The summed E-state index contributed by atoms with van der Waals surface area (Å²) in [5.41, 5.74) is 3.23. The summed E-state index contributed by atoms with van der Waals surface area (Å²) in [6.45, 7) is 7.71. The number of aryl methyl sites for hydroxylation is 1. The fraction of sp³-hybridized carbons (Fsp3) is 0.364. The molecule has 6 nitrogen and oxygen atoms in total. The van der Waals surface area contributed by atoms with Gasteiger partial charge in [0.1, 0.15) is 18.4 Å². The Morgan fingerprint density at radius 3 is 2.46 bits per heavy atom. The van der Waals surface area contributed by atoms with Gasteiger partial charge in [-0.1, -0.05) is 24.3 Å². The lowest BCUT2D eigenvalue weighted by Gasteiger charge is -2.23. The maximum atomic E-state index is 11.2. The molecule has 0 aliphatic heterocycles. The molecule has 2 aromatic rings. The van der Waals surface area contributed by atoms with Crippen molar-refractivity contribution in [3.63, 3.8) is 0 Å². The van der Waals surface area contributed by atoms with E-state index in [-0.39, 0.29) is 12.3 Å². The smallest absolute Gasteiger partial charge is 0.326 e. The van der Waals surface area contributed by atoms with Crippen LogP contribution < -0.4 is 15.0 Å². The molecule has 0 saturated carbocycles. The molecule has 1 atom stereocenters. The van der Waals surface area contributed by atoms with Crippen molar-refractivity contribution in [1.29, 1.82) is 0 Å². The van der Waals surface area contributed by atoms with E-state index < -0.39 is 12.0 Å². The van der Waals surface area contributed by atoms with Crippen LogP contribution in [0.25, 0.3) is 0 Å². The minimum Gasteiger partial charge on any atom is -0.492 e. The number of likely N-dealkylation sites (N-methyl/N-ethyl adjacent to an activating group) is 1. The van der Waals surface area contributed by atoms with Crippen LogP contribution in [0.4, 0.5) is 5.69 Å². The van der Waals surface area contributed by atoms with Crippen molar-refractivity contribution in [1.82, 2.24) is 5.32 Å². The first kappa shape index (κ1) is 21.3. The van der Waals surface area contributed by atoms with E-state index >= 15 is 0 Å². The van der Waals surface area contributed by atoms with Gasteiger partial charge in [0, 0.05) is 25.6 Å². The topological polar surface area (TPSA) is 78.9 Å². The predicted octanol–water partition coefficient (Wildman–Crippen LogP) is 3.03. The normalized spacial score (nSPS) is 11.5. The van der Waals surface area contributed by atoms with Gasteiger partial charge in [-0.15, -0.1) is 0 Å². The van der Waals surface area contributed by atoms with Crippen molar-refractivity contribution >= 4 is 17.6 Å². The van der Waals surface area contributed by atoms with Crippen LogP contribution in [0.15, 0.2) is 48.5 Å². The lowest BCUT2D eigenvalue weighted by atomic mass is 10.1. The molecule has 28 heavy (non-hydrogen) atoms. The van der Waals surface area contributed by atoms with Crippen LogP contribution in [0.5, 0.6) is 5.75 Å². The number of nitrogens with zero attached hydrogens (tertiary/aromatic N) is 1. The largest absolute Gasteiger partial charge is 0.492 e. The first-order valence-corrected chi connectivity index (χ1v) is 9.42. The van der Waals surface area contributed by atoms with E-state index in [4.69, 9.17) is 4.74 Å². The van der Waals surface area contributed by atoms with Gasteiger partial charge in [0.15, 0.2) is 0 Å². The molecule has 0 bridgehead atoms. The van der Waals surface area contributed by atoms with Crippen LogP contribution in [0.1, 0.15) is 25.0 Å². The van der Waals surface area contributed by atoms with E-state index in [1.54, 1.807) is 0 Å². The molecule has 2 aromatic carbocycles. The summed E-state index contributed by atoms with van der Waals surface area (Å²) in [7, 11) is 0. The van der Waals surface area contributed by atoms with Crippen LogP contribution in [-0.2, 0) is 16.0 Å². The lowest BCUT2D eigenvalue weighted by molar-refractivity contribution is -0.141. The van der Waals surface area contributed by atoms with Gasteiger partial charge >= 0.3 is 5.97 Å². The van der Waals surface area contributed by atoms with Crippen molar-refractivity contribution in [3.8, 4) is 5.75 Å². The van der Waals surface area contributed by atoms with E-state index in [2.05, 4.69) is 48.3 Å². The Bertz CT molecular complexity index is 789. The van der Waals surface area contributed by atoms with Crippen molar-refractivity contribution < 1.29 is 19.4 Å². The standard InChI is InChI=1S/C22H28N2O4/c1-4-24(19-7-5-6-16(2)14-19)12-13-28-20-10-8-18(9-11-20)15-21(22(26)27)23-17(3)25/h5-11,14,21H,4,12-13,15H2,1-3H3,(H,23,25)(H,26,27)/t21-/m0/s1. The number of amides is 1. The average molecular weight is 384 g/mol. The minimum absolute atomic E-state index is 0.228. The molecule has 0 aliphatic carbocycles. The molecule has 2 N–H and O–H groups in total. The molecule has 0 unspecified atom stereocenters. The molecule has 0 saturated heterocycles. The number of rotatable bonds is 10. The zero-order valence-electron chi connectivity index (χ0n) is 16.6. The lowest BCUT2D eigenvalue weighted by Crippen LogP contribution is -2.41. The van der Waals surface area contributed by atoms with Gasteiger partial charge in [-0.25, -0.2) is 4.79 Å². The van der Waals surface area contributed by atoms with E-state index in [0.29, 0.717) is 6.61 Å². The van der Waals surface area contributed by atoms with Crippen molar-refractivity contribution in [2.75, 3.05) is 24.6 Å². The van der Waals surface area contributed by atoms with E-state index in [0.717, 1.165) is 24.4 Å². The number of benzene rings is 2. The molecule has 0 heterocycles. The van der Waals surface area contributed by atoms with Gasteiger partial charge in [-0.3, -0.25) is 4.79 Å². The number of anilines is 1. The van der Waals surface area contributed by atoms with Crippen LogP contribution in [-0.4, -0.2) is 42.7 Å². The molecule has 0 spiro atoms. The zero-order chi connectivity index (χ0) is 20.5. The minimum atomic E-state index is -1.05. The van der Waals surface area contributed by atoms with Crippen molar-refractivity contribution in [3.05, 3.63) is 59.7 Å². The molecule has 2 rings (SSSR count). The summed E-state index contributed by atoms with van der Waals surface area (Å²) in [5, 5.41) is 11.6. The summed E-state index contributed by atoms with van der Waals surface area (Å²) in [6.07, 6.45) is 0.228. The Morgan fingerprint density at radius 2 is 1.89 bits per heavy atom. The van der Waals surface area contributed by atoms with E-state index in [9.17, 15) is 14.7 Å². The maximum absolute atomic E-state index is 11.2. The number of carboxylic acid groups (broad SMARTS) is 1. The summed E-state index contributed by atoms with van der Waals surface area (Å²) in [5.74, 6) is -0.678. The number of ether oxygens (including phenoxy) is 1. The highest BCUT2D eigenvalue weighted by atomic mass is 16.5. The molecule has 6 heteroatoms. The van der Waals surface area contributed by atoms with Gasteiger partial charge in [0.25, 0.3) is 0 Å². The fourth-order valence-electron chi connectivity index (χ4n) is 2.97. The highest BCUT2D eigenvalue weighted by Crippen LogP contribution is 2.17. The molecular weight excluding hydrogens is 356 g/mol. The Labute approximate surface area is 166 Å². The highest BCUT2D eigenvalue weighted by Gasteiger charge is 2.18. The van der Waals surface area contributed by atoms with Gasteiger partial charge in [0.2, 0.25) is 5.91 Å². The summed E-state index contributed by atoms with van der Waals surface area (Å²) in [6, 6.07) is 14.8. The van der Waals surface area contributed by atoms with Gasteiger partial charge in [-0.05, 0) is 49.2 Å². The Hall–Kier alpha value is -3.02. The SMILES string of the molecule is CCN(CCOc1ccc(C[C@H](NC(C)=O)C(=O)O)cc1)c1cccc(C)c1. The molecule has 0 radical (unpaired) electrons. The Kier molecular flexibility index (Phi) is 7.87. The van der Waals surface area contributed by atoms with Crippen LogP contribution in [0.2, 0.25) is 0 Å². The number of nitrogens with one attached hydrogen (secondary N) is 1. The number of hydrogen-bond donors (Lipinski definition) is 2. The van der Waals surface area contributed by atoms with Crippen LogP contribution in [0.3, 0.4) is 0 Å². The summed E-state index contributed by atoms with van der Waals surface area (Å²) >= 11 is 0. The first-order chi connectivity index (χ1) is 13.4. The first-order valence-electron chi connectivity index (χ1n) is 9.42. The highest BCUT2D eigenvalue weighted by molar-refractivity contribution is 5.82. The van der Waals surface area contributed by atoms with E-state index in [1.165, 1.54) is 18.2 Å². The third-order valence-electron chi connectivity index (χ3n) is 4.42. The number of aliphatic carboxylic acids is 1. The summed E-state index contributed by atoms with van der Waals surface area (Å²) < 4.78 is 5.83. The van der Waals surface area contributed by atoms with Crippen molar-refractivity contribution in [2.24, 2.45) is 0 Å². The second kappa shape index (κ2) is 10.3. The van der Waals surface area contributed by atoms with E-state index in [1.807, 2.05) is 24.3 Å². The molecule has 0 aliphatic rings.